The Bertz CT molecular complexity index is 317. The highest BCUT2D eigenvalue weighted by Crippen LogP contribution is 2.51. The molecular formula is C15H25F2NO. The highest BCUT2D eigenvalue weighted by molar-refractivity contribution is 5.01. The maximum atomic E-state index is 12.8. The third kappa shape index (κ3) is 2.54. The number of aliphatic hydroxyl groups is 1. The van der Waals surface area contributed by atoms with Crippen LogP contribution in [0.2, 0.25) is 0 Å². The molecule has 2 aliphatic carbocycles. The largest absolute Gasteiger partial charge is 0.393 e. The van der Waals surface area contributed by atoms with Crippen LogP contribution in [0.25, 0.3) is 0 Å². The fourth-order valence-corrected chi connectivity index (χ4v) is 4.75. The van der Waals surface area contributed by atoms with E-state index >= 15 is 0 Å². The third-order valence-electron chi connectivity index (χ3n) is 5.83. The van der Waals surface area contributed by atoms with E-state index in [0.717, 1.165) is 25.8 Å². The van der Waals surface area contributed by atoms with E-state index in [1.807, 2.05) is 0 Å². The average Bonchev–Trinajstić information content (AvgIpc) is 3.03. The number of nitrogens with zero attached hydrogens (tertiary/aromatic N) is 1. The number of alkyl halides is 2. The molecular weight excluding hydrogens is 248 g/mol. The van der Waals surface area contributed by atoms with Crippen molar-refractivity contribution in [2.45, 2.75) is 69.9 Å². The number of halogens is 2. The molecule has 3 atom stereocenters. The zero-order valence-electron chi connectivity index (χ0n) is 11.5. The fourth-order valence-electron chi connectivity index (χ4n) is 4.75. The first-order valence-corrected chi connectivity index (χ1v) is 7.81. The average molecular weight is 273 g/mol. The fraction of sp³-hybridized carbons (Fsp3) is 1.00. The molecule has 0 bridgehead atoms. The smallest absolute Gasteiger partial charge is 0.242 e. The predicted octanol–water partition coefficient (Wildman–Crippen LogP) is 3.05. The first-order valence-electron chi connectivity index (χ1n) is 7.81. The lowest BCUT2D eigenvalue weighted by Crippen LogP contribution is -2.51. The van der Waals surface area contributed by atoms with Crippen molar-refractivity contribution < 1.29 is 13.9 Å². The molecule has 19 heavy (non-hydrogen) atoms. The number of likely N-dealkylation sites (tertiary alicyclic amines) is 1. The molecule has 0 aromatic carbocycles. The van der Waals surface area contributed by atoms with Crippen LogP contribution in [0.4, 0.5) is 8.78 Å². The van der Waals surface area contributed by atoms with Crippen molar-refractivity contribution in [1.82, 2.24) is 4.90 Å². The molecule has 1 aliphatic heterocycles. The molecule has 0 amide bonds. The molecule has 2 nitrogen and oxygen atoms in total. The van der Waals surface area contributed by atoms with Crippen LogP contribution in [0.1, 0.15) is 51.4 Å². The van der Waals surface area contributed by atoms with Crippen LogP contribution in [0, 0.1) is 11.3 Å². The molecule has 0 aromatic heterocycles. The second-order valence-electron chi connectivity index (χ2n) is 6.89. The second kappa shape index (κ2) is 5.28. The van der Waals surface area contributed by atoms with Gasteiger partial charge in [-0.3, -0.25) is 4.90 Å². The molecule has 0 radical (unpaired) electrons. The molecule has 3 fully saturated rings. The lowest BCUT2D eigenvalue weighted by atomic mass is 9.67. The first-order chi connectivity index (χ1) is 9.11. The Hall–Kier alpha value is -0.220. The summed E-state index contributed by atoms with van der Waals surface area (Å²) in [5, 5.41) is 9.98. The molecule has 1 N–H and O–H groups in total. The third-order valence-corrected chi connectivity index (χ3v) is 5.83. The summed E-state index contributed by atoms with van der Waals surface area (Å²) in [6.07, 6.45) is 6.05. The van der Waals surface area contributed by atoms with Gasteiger partial charge in [0.1, 0.15) is 0 Å². The van der Waals surface area contributed by atoms with Gasteiger partial charge < -0.3 is 5.11 Å². The highest BCUT2D eigenvalue weighted by Gasteiger charge is 2.48. The first kappa shape index (κ1) is 13.7. The Balaban J connectivity index is 1.73. The molecule has 1 saturated heterocycles. The van der Waals surface area contributed by atoms with Crippen LogP contribution in [-0.4, -0.2) is 41.7 Å². The van der Waals surface area contributed by atoms with Crippen LogP contribution in [0.15, 0.2) is 0 Å². The van der Waals surface area contributed by atoms with E-state index in [4.69, 9.17) is 0 Å². The lowest BCUT2D eigenvalue weighted by molar-refractivity contribution is -0.0228. The molecule has 1 heterocycles. The van der Waals surface area contributed by atoms with Gasteiger partial charge in [-0.2, -0.15) is 0 Å². The van der Waals surface area contributed by atoms with Crippen LogP contribution >= 0.6 is 0 Å². The Morgan fingerprint density at radius 3 is 2.47 bits per heavy atom. The minimum atomic E-state index is -2.18. The summed E-state index contributed by atoms with van der Waals surface area (Å²) in [5.74, 6) is -0.447. The Morgan fingerprint density at radius 1 is 1.11 bits per heavy atom. The number of hydrogen-bond acceptors (Lipinski definition) is 2. The van der Waals surface area contributed by atoms with E-state index in [1.165, 1.54) is 25.7 Å². The van der Waals surface area contributed by atoms with Crippen LogP contribution < -0.4 is 0 Å². The zero-order chi connectivity index (χ0) is 13.5. The molecule has 110 valence electrons. The SMILES string of the molecule is OC1CCC2(CCCC2)C(N2CCC(C(F)F)C2)C1. The van der Waals surface area contributed by atoms with Gasteiger partial charge in [-0.25, -0.2) is 8.78 Å². The normalized spacial score (nSPS) is 39.5. The molecule has 2 saturated carbocycles. The van der Waals surface area contributed by atoms with E-state index in [9.17, 15) is 13.9 Å². The standard InChI is InChI=1S/C15H25F2NO/c16-14(17)11-4-8-18(10-11)13-9-12(19)3-7-15(13)5-1-2-6-15/h11-14,19H,1-10H2. The summed E-state index contributed by atoms with van der Waals surface area (Å²) < 4.78 is 25.7. The molecule has 1 spiro atoms. The molecule has 0 aromatic rings. The van der Waals surface area contributed by atoms with Crippen molar-refractivity contribution in [3.8, 4) is 0 Å². The van der Waals surface area contributed by atoms with Gasteiger partial charge in [0.05, 0.1) is 6.10 Å². The molecule has 3 aliphatic rings. The van der Waals surface area contributed by atoms with Gasteiger partial charge >= 0.3 is 0 Å². The summed E-state index contributed by atoms with van der Waals surface area (Å²) in [6.45, 7) is 1.34. The van der Waals surface area contributed by atoms with Gasteiger partial charge in [-0.05, 0) is 50.5 Å². The summed E-state index contributed by atoms with van der Waals surface area (Å²) in [6, 6.07) is 0.350. The quantitative estimate of drug-likeness (QED) is 0.836. The topological polar surface area (TPSA) is 23.5 Å². The van der Waals surface area contributed by atoms with Crippen molar-refractivity contribution in [3.05, 3.63) is 0 Å². The Morgan fingerprint density at radius 2 is 1.84 bits per heavy atom. The monoisotopic (exact) mass is 273 g/mol. The van der Waals surface area contributed by atoms with Gasteiger partial charge in [-0.15, -0.1) is 0 Å². The van der Waals surface area contributed by atoms with E-state index in [0.29, 0.717) is 24.4 Å². The van der Waals surface area contributed by atoms with Crippen LogP contribution in [-0.2, 0) is 0 Å². The summed E-state index contributed by atoms with van der Waals surface area (Å²) >= 11 is 0. The zero-order valence-corrected chi connectivity index (χ0v) is 11.5. The minimum absolute atomic E-state index is 0.221. The maximum Gasteiger partial charge on any atom is 0.242 e. The second-order valence-corrected chi connectivity index (χ2v) is 6.89. The Kier molecular flexibility index (Phi) is 3.82. The summed E-state index contributed by atoms with van der Waals surface area (Å²) in [4.78, 5) is 2.28. The van der Waals surface area contributed by atoms with Crippen molar-refractivity contribution in [2.75, 3.05) is 13.1 Å². The van der Waals surface area contributed by atoms with Crippen molar-refractivity contribution in [3.63, 3.8) is 0 Å². The number of rotatable bonds is 2. The van der Waals surface area contributed by atoms with Gasteiger partial charge in [-0.1, -0.05) is 12.8 Å². The van der Waals surface area contributed by atoms with Crippen LogP contribution in [0.3, 0.4) is 0 Å². The van der Waals surface area contributed by atoms with E-state index in [1.54, 1.807) is 0 Å². The maximum absolute atomic E-state index is 12.8. The van der Waals surface area contributed by atoms with Crippen molar-refractivity contribution in [1.29, 1.82) is 0 Å². The van der Waals surface area contributed by atoms with Crippen LogP contribution in [0.5, 0.6) is 0 Å². The summed E-state index contributed by atoms with van der Waals surface area (Å²) in [5.41, 5.74) is 0.330. The van der Waals surface area contributed by atoms with E-state index < -0.39 is 12.3 Å². The predicted molar refractivity (Wildman–Crippen MR) is 70.2 cm³/mol. The lowest BCUT2D eigenvalue weighted by Gasteiger charge is -2.48. The van der Waals surface area contributed by atoms with Gasteiger partial charge in [0.2, 0.25) is 6.43 Å². The molecule has 4 heteroatoms. The van der Waals surface area contributed by atoms with Gasteiger partial charge in [0, 0.05) is 18.5 Å². The molecule has 3 unspecified atom stereocenters. The van der Waals surface area contributed by atoms with E-state index in [-0.39, 0.29) is 6.10 Å². The van der Waals surface area contributed by atoms with Crippen molar-refractivity contribution in [2.24, 2.45) is 11.3 Å². The minimum Gasteiger partial charge on any atom is -0.393 e. The highest BCUT2D eigenvalue weighted by atomic mass is 19.3. The molecule has 3 rings (SSSR count). The van der Waals surface area contributed by atoms with Gasteiger partial charge in [0.15, 0.2) is 0 Å². The Labute approximate surface area is 114 Å². The summed E-state index contributed by atoms with van der Waals surface area (Å²) in [7, 11) is 0. The van der Waals surface area contributed by atoms with E-state index in [2.05, 4.69) is 4.90 Å². The van der Waals surface area contributed by atoms with Crippen molar-refractivity contribution >= 4 is 0 Å². The number of aliphatic hydroxyl groups excluding tert-OH is 1. The van der Waals surface area contributed by atoms with Gasteiger partial charge in [0.25, 0.3) is 0 Å². The number of hydrogen-bond donors (Lipinski definition) is 1.